The minimum Gasteiger partial charge on any atom is -0.462 e. The first kappa shape index (κ1) is 14.8. The monoisotopic (exact) mass is 337 g/mol. The molecule has 0 amide bonds. The van der Waals surface area contributed by atoms with Gasteiger partial charge in [-0.3, -0.25) is 4.79 Å². The molecule has 1 aliphatic carbocycles. The largest absolute Gasteiger partial charge is 0.462 e. The van der Waals surface area contributed by atoms with Crippen LogP contribution in [0.5, 0.6) is 0 Å². The molecule has 0 atom stereocenters. The van der Waals surface area contributed by atoms with Crippen LogP contribution in [-0.4, -0.2) is 17.6 Å². The lowest BCUT2D eigenvalue weighted by atomic mass is 9.93. The first-order chi connectivity index (χ1) is 9.34. The highest BCUT2D eigenvalue weighted by atomic mass is 79.9. The second-order valence-corrected chi connectivity index (χ2v) is 6.13. The van der Waals surface area contributed by atoms with Crippen molar-refractivity contribution in [3.63, 3.8) is 0 Å². The van der Waals surface area contributed by atoms with Gasteiger partial charge in [0.25, 0.3) is 0 Å². The number of H-pyrrole nitrogens is 1. The summed E-state index contributed by atoms with van der Waals surface area (Å²) in [5.41, 5.74) is -0.499. The molecular formula is C15H16BrNO3. The summed E-state index contributed by atoms with van der Waals surface area (Å²) >= 11 is 3.43. The van der Waals surface area contributed by atoms with E-state index in [1.165, 1.54) is 6.20 Å². The van der Waals surface area contributed by atoms with Crippen molar-refractivity contribution in [1.29, 1.82) is 0 Å². The Morgan fingerprint density at radius 2 is 2.10 bits per heavy atom. The predicted octanol–water partition coefficient (Wildman–Crippen LogP) is 1.43. The minimum absolute atomic E-state index is 0.0234. The number of carbonyl (C=O) groups is 1. The van der Waals surface area contributed by atoms with E-state index in [-0.39, 0.29) is 23.0 Å². The average molecular weight is 338 g/mol. The van der Waals surface area contributed by atoms with Gasteiger partial charge in [-0.1, -0.05) is 41.9 Å². The van der Waals surface area contributed by atoms with Crippen LogP contribution in [-0.2, 0) is 4.74 Å². The molecule has 5 heteroatoms. The molecule has 4 nitrogen and oxygen atoms in total. The number of fused-ring (bicyclic) bond motifs is 1. The summed E-state index contributed by atoms with van der Waals surface area (Å²) in [6.45, 7) is 6.02. The van der Waals surface area contributed by atoms with Crippen LogP contribution in [0.2, 0.25) is 0 Å². The van der Waals surface area contributed by atoms with Gasteiger partial charge in [-0.2, -0.15) is 0 Å². The number of aromatic amines is 1. The van der Waals surface area contributed by atoms with Gasteiger partial charge < -0.3 is 9.72 Å². The smallest absolute Gasteiger partial charge is 0.343 e. The van der Waals surface area contributed by atoms with Gasteiger partial charge in [-0.25, -0.2) is 4.79 Å². The lowest BCUT2D eigenvalue weighted by molar-refractivity contribution is 0.0524. The second-order valence-electron chi connectivity index (χ2n) is 5.22. The normalized spacial score (nSPS) is 16.1. The van der Waals surface area contributed by atoms with E-state index in [2.05, 4.69) is 20.9 Å². The number of carbonyl (C=O) groups excluding carboxylic acids is 1. The maximum atomic E-state index is 12.4. The Bertz CT molecular complexity index is 756. The highest BCUT2D eigenvalue weighted by Gasteiger charge is 2.17. The third-order valence-corrected chi connectivity index (χ3v) is 3.41. The minimum atomic E-state index is -0.603. The Morgan fingerprint density at radius 1 is 1.40 bits per heavy atom. The molecule has 106 valence electrons. The standard InChI is InChI=1S/C15H16BrNO3/c1-4-20-14(19)11-8-17-12-7-15(2,3)6-9(16)5-10(12)13(11)18/h5-8,17H,4H2,1-3H3. The Labute approximate surface area is 125 Å². The van der Waals surface area contributed by atoms with Crippen molar-refractivity contribution >= 4 is 34.1 Å². The molecule has 0 unspecified atom stereocenters. The second kappa shape index (κ2) is 5.40. The third kappa shape index (κ3) is 2.93. The maximum absolute atomic E-state index is 12.4. The summed E-state index contributed by atoms with van der Waals surface area (Å²) in [6, 6.07) is 0. The van der Waals surface area contributed by atoms with E-state index in [1.54, 1.807) is 13.0 Å². The highest BCUT2D eigenvalue weighted by molar-refractivity contribution is 9.12. The Balaban J connectivity index is 2.75. The van der Waals surface area contributed by atoms with Crippen molar-refractivity contribution in [2.45, 2.75) is 20.8 Å². The summed E-state index contributed by atoms with van der Waals surface area (Å²) in [5, 5.41) is 1.17. The number of hydrogen-bond donors (Lipinski definition) is 1. The molecular weight excluding hydrogens is 322 g/mol. The van der Waals surface area contributed by atoms with Gasteiger partial charge in [0.2, 0.25) is 5.43 Å². The fourth-order valence-corrected chi connectivity index (χ4v) is 2.95. The number of esters is 1. The van der Waals surface area contributed by atoms with E-state index in [0.29, 0.717) is 10.6 Å². The van der Waals surface area contributed by atoms with Crippen molar-refractivity contribution < 1.29 is 9.53 Å². The molecule has 0 radical (unpaired) electrons. The van der Waals surface area contributed by atoms with Crippen molar-refractivity contribution in [3.05, 3.63) is 43.1 Å². The summed E-state index contributed by atoms with van der Waals surface area (Å²) < 4.78 is 5.70. The van der Waals surface area contributed by atoms with Crippen LogP contribution < -0.4 is 16.0 Å². The molecule has 0 saturated carbocycles. The van der Waals surface area contributed by atoms with Crippen LogP contribution in [0, 0.1) is 5.41 Å². The molecule has 1 aliphatic rings. The number of allylic oxidation sites excluding steroid dienone is 2. The van der Waals surface area contributed by atoms with E-state index in [0.717, 1.165) is 4.48 Å². The Hall–Kier alpha value is -1.62. The third-order valence-electron chi connectivity index (χ3n) is 2.96. The number of halogens is 1. The van der Waals surface area contributed by atoms with E-state index in [4.69, 9.17) is 4.74 Å². The van der Waals surface area contributed by atoms with Crippen molar-refractivity contribution in [2.24, 2.45) is 5.41 Å². The molecule has 0 fully saturated rings. The van der Waals surface area contributed by atoms with Crippen LogP contribution in [0.4, 0.5) is 0 Å². The molecule has 0 spiro atoms. The Morgan fingerprint density at radius 3 is 2.75 bits per heavy atom. The molecule has 0 saturated heterocycles. The van der Waals surface area contributed by atoms with Gasteiger partial charge in [0.15, 0.2) is 0 Å². The number of nitrogens with one attached hydrogen (secondary N) is 1. The molecule has 0 aromatic carbocycles. The number of pyridine rings is 1. The SMILES string of the molecule is CCOC(=O)c1c[nH]c2c(c1=O)=CC(Br)=CC(C)(C)C=2. The molecule has 1 heterocycles. The summed E-state index contributed by atoms with van der Waals surface area (Å²) in [6.07, 6.45) is 7.11. The zero-order valence-electron chi connectivity index (χ0n) is 11.6. The van der Waals surface area contributed by atoms with Crippen LogP contribution in [0.1, 0.15) is 31.1 Å². The zero-order valence-corrected chi connectivity index (χ0v) is 13.2. The fourth-order valence-electron chi connectivity index (χ4n) is 2.13. The van der Waals surface area contributed by atoms with E-state index >= 15 is 0 Å². The van der Waals surface area contributed by atoms with Crippen LogP contribution >= 0.6 is 15.9 Å². The van der Waals surface area contributed by atoms with Gasteiger partial charge >= 0.3 is 5.97 Å². The number of ether oxygens (including phenoxy) is 1. The molecule has 2 rings (SSSR count). The van der Waals surface area contributed by atoms with Crippen molar-refractivity contribution in [2.75, 3.05) is 6.61 Å². The van der Waals surface area contributed by atoms with Gasteiger partial charge in [-0.05, 0) is 13.0 Å². The van der Waals surface area contributed by atoms with E-state index in [9.17, 15) is 9.59 Å². The van der Waals surface area contributed by atoms with E-state index in [1.807, 2.05) is 26.0 Å². The summed E-state index contributed by atoms with van der Waals surface area (Å²) in [4.78, 5) is 27.2. The topological polar surface area (TPSA) is 59.2 Å². The number of hydrogen-bond acceptors (Lipinski definition) is 3. The summed E-state index contributed by atoms with van der Waals surface area (Å²) in [7, 11) is 0. The van der Waals surface area contributed by atoms with Crippen LogP contribution in [0.25, 0.3) is 12.2 Å². The summed E-state index contributed by atoms with van der Waals surface area (Å²) in [5.74, 6) is -0.603. The fraction of sp³-hybridized carbons (Fsp3) is 0.333. The number of aromatic nitrogens is 1. The lowest BCUT2D eigenvalue weighted by Gasteiger charge is -2.13. The maximum Gasteiger partial charge on any atom is 0.343 e. The average Bonchev–Trinajstić information content (AvgIpc) is 2.44. The van der Waals surface area contributed by atoms with Gasteiger partial charge in [0.05, 0.1) is 6.61 Å². The van der Waals surface area contributed by atoms with Crippen molar-refractivity contribution in [1.82, 2.24) is 4.98 Å². The molecule has 1 aromatic rings. The van der Waals surface area contributed by atoms with Gasteiger partial charge in [-0.15, -0.1) is 0 Å². The first-order valence-electron chi connectivity index (χ1n) is 6.36. The Kier molecular flexibility index (Phi) is 3.99. The van der Waals surface area contributed by atoms with E-state index < -0.39 is 5.97 Å². The predicted molar refractivity (Wildman–Crippen MR) is 82.0 cm³/mol. The highest BCUT2D eigenvalue weighted by Crippen LogP contribution is 2.24. The number of rotatable bonds is 2. The van der Waals surface area contributed by atoms with Crippen LogP contribution in [0.15, 0.2) is 21.5 Å². The quantitative estimate of drug-likeness (QED) is 0.830. The van der Waals surface area contributed by atoms with Crippen LogP contribution in [0.3, 0.4) is 0 Å². The molecule has 1 N–H and O–H groups in total. The van der Waals surface area contributed by atoms with Crippen molar-refractivity contribution in [3.8, 4) is 0 Å². The zero-order chi connectivity index (χ0) is 14.9. The molecule has 0 bridgehead atoms. The lowest BCUT2D eigenvalue weighted by Crippen LogP contribution is -2.44. The first-order valence-corrected chi connectivity index (χ1v) is 7.15. The molecule has 0 aliphatic heterocycles. The molecule has 1 aromatic heterocycles. The molecule has 20 heavy (non-hydrogen) atoms. The van der Waals surface area contributed by atoms with Gasteiger partial charge in [0.1, 0.15) is 5.56 Å². The van der Waals surface area contributed by atoms with Gasteiger partial charge in [0, 0.05) is 26.7 Å².